The summed E-state index contributed by atoms with van der Waals surface area (Å²) < 4.78 is 18.4. The van der Waals surface area contributed by atoms with Crippen molar-refractivity contribution in [3.05, 3.63) is 34.6 Å². The fraction of sp³-hybridized carbons (Fsp3) is 0.364. The van der Waals surface area contributed by atoms with Gasteiger partial charge in [0.1, 0.15) is 5.82 Å². The van der Waals surface area contributed by atoms with Gasteiger partial charge in [0.15, 0.2) is 5.78 Å². The van der Waals surface area contributed by atoms with Crippen LogP contribution in [0.15, 0.2) is 18.2 Å². The highest BCUT2D eigenvalue weighted by atomic mass is 35.5. The predicted octanol–water partition coefficient (Wildman–Crippen LogP) is 2.70. The number of Topliss-reactive ketones (excluding diaryl/α,β-unsaturated/α-hetero) is 1. The van der Waals surface area contributed by atoms with Crippen LogP contribution in [0.4, 0.5) is 4.39 Å². The first-order valence-corrected chi connectivity index (χ1v) is 5.13. The molecule has 0 bridgehead atoms. The third kappa shape index (κ3) is 2.19. The maximum absolute atomic E-state index is 13.4. The molecule has 1 heterocycles. The highest BCUT2D eigenvalue weighted by Crippen LogP contribution is 2.22. The Hall–Kier alpha value is -0.930. The Morgan fingerprint density at radius 3 is 3.00 bits per heavy atom. The SMILES string of the molecule is O=C(c1cc(Cl)ccc1F)C1CCOC1. The van der Waals surface area contributed by atoms with Crippen LogP contribution in [0, 0.1) is 11.7 Å². The van der Waals surface area contributed by atoms with E-state index in [2.05, 4.69) is 0 Å². The Kier molecular flexibility index (Phi) is 3.03. The number of rotatable bonds is 2. The molecule has 1 fully saturated rings. The molecule has 4 heteroatoms. The lowest BCUT2D eigenvalue weighted by Crippen LogP contribution is -2.16. The fourth-order valence-corrected chi connectivity index (χ4v) is 1.82. The van der Waals surface area contributed by atoms with Gasteiger partial charge in [-0.2, -0.15) is 0 Å². The van der Waals surface area contributed by atoms with E-state index in [1.165, 1.54) is 18.2 Å². The van der Waals surface area contributed by atoms with Gasteiger partial charge in [0, 0.05) is 17.5 Å². The third-order valence-corrected chi connectivity index (χ3v) is 2.73. The lowest BCUT2D eigenvalue weighted by Gasteiger charge is -2.07. The van der Waals surface area contributed by atoms with Crippen molar-refractivity contribution in [2.45, 2.75) is 6.42 Å². The van der Waals surface area contributed by atoms with E-state index in [9.17, 15) is 9.18 Å². The molecule has 1 atom stereocenters. The Morgan fingerprint density at radius 1 is 1.53 bits per heavy atom. The summed E-state index contributed by atoms with van der Waals surface area (Å²) in [5.74, 6) is -0.957. The summed E-state index contributed by atoms with van der Waals surface area (Å²) in [6, 6.07) is 4.02. The van der Waals surface area contributed by atoms with E-state index in [0.29, 0.717) is 24.7 Å². The summed E-state index contributed by atoms with van der Waals surface area (Å²) in [5.41, 5.74) is 0.0676. The lowest BCUT2D eigenvalue weighted by molar-refractivity contribution is 0.0896. The average Bonchev–Trinajstić information content (AvgIpc) is 2.74. The molecule has 80 valence electrons. The number of hydrogen-bond donors (Lipinski definition) is 0. The molecule has 1 unspecified atom stereocenters. The number of carbonyl (C=O) groups is 1. The predicted molar refractivity (Wildman–Crippen MR) is 54.7 cm³/mol. The standard InChI is InChI=1S/C11H10ClFO2/c12-8-1-2-10(13)9(5-8)11(14)7-3-4-15-6-7/h1-2,5,7H,3-4,6H2. The van der Waals surface area contributed by atoms with Gasteiger partial charge in [-0.1, -0.05) is 11.6 Å². The summed E-state index contributed by atoms with van der Waals surface area (Å²) >= 11 is 5.72. The van der Waals surface area contributed by atoms with E-state index in [1.807, 2.05) is 0 Å². The van der Waals surface area contributed by atoms with Gasteiger partial charge in [-0.3, -0.25) is 4.79 Å². The van der Waals surface area contributed by atoms with E-state index < -0.39 is 5.82 Å². The fourth-order valence-electron chi connectivity index (χ4n) is 1.65. The molecule has 1 saturated heterocycles. The minimum absolute atomic E-state index is 0.0676. The zero-order chi connectivity index (χ0) is 10.8. The number of hydrogen-bond acceptors (Lipinski definition) is 2. The van der Waals surface area contributed by atoms with Crippen molar-refractivity contribution in [3.63, 3.8) is 0 Å². The first kappa shape index (κ1) is 10.6. The molecule has 1 aliphatic rings. The average molecular weight is 229 g/mol. The Morgan fingerprint density at radius 2 is 2.33 bits per heavy atom. The van der Waals surface area contributed by atoms with Gasteiger partial charge >= 0.3 is 0 Å². The molecule has 0 aliphatic carbocycles. The summed E-state index contributed by atoms with van der Waals surface area (Å²) in [4.78, 5) is 11.8. The second kappa shape index (κ2) is 4.29. The van der Waals surface area contributed by atoms with Crippen LogP contribution < -0.4 is 0 Å². The Balaban J connectivity index is 2.27. The smallest absolute Gasteiger partial charge is 0.171 e. The summed E-state index contributed by atoms with van der Waals surface area (Å²) in [6.45, 7) is 0.948. The molecule has 2 nitrogen and oxygen atoms in total. The molecule has 2 rings (SSSR count). The van der Waals surface area contributed by atoms with Gasteiger partial charge in [0.25, 0.3) is 0 Å². The molecule has 0 aromatic heterocycles. The zero-order valence-electron chi connectivity index (χ0n) is 8.00. The van der Waals surface area contributed by atoms with Crippen molar-refractivity contribution in [1.29, 1.82) is 0 Å². The van der Waals surface area contributed by atoms with Crippen LogP contribution >= 0.6 is 11.6 Å². The lowest BCUT2D eigenvalue weighted by atomic mass is 9.97. The van der Waals surface area contributed by atoms with E-state index >= 15 is 0 Å². The minimum Gasteiger partial charge on any atom is -0.381 e. The molecule has 1 aliphatic heterocycles. The van der Waals surface area contributed by atoms with Crippen LogP contribution in [0.25, 0.3) is 0 Å². The van der Waals surface area contributed by atoms with Crippen molar-refractivity contribution >= 4 is 17.4 Å². The van der Waals surface area contributed by atoms with Crippen molar-refractivity contribution in [1.82, 2.24) is 0 Å². The molecule has 0 saturated carbocycles. The number of carbonyl (C=O) groups excluding carboxylic acids is 1. The van der Waals surface area contributed by atoms with Gasteiger partial charge in [-0.15, -0.1) is 0 Å². The molecular formula is C11H10ClFO2. The highest BCUT2D eigenvalue weighted by molar-refractivity contribution is 6.31. The molecule has 15 heavy (non-hydrogen) atoms. The van der Waals surface area contributed by atoms with Crippen LogP contribution in [0.5, 0.6) is 0 Å². The van der Waals surface area contributed by atoms with Crippen molar-refractivity contribution < 1.29 is 13.9 Å². The van der Waals surface area contributed by atoms with Crippen LogP contribution in [0.1, 0.15) is 16.8 Å². The van der Waals surface area contributed by atoms with Gasteiger partial charge in [0.2, 0.25) is 0 Å². The summed E-state index contributed by atoms with van der Waals surface area (Å²) in [6.07, 6.45) is 0.658. The first-order chi connectivity index (χ1) is 7.18. The number of benzene rings is 1. The Labute approximate surface area is 92.0 Å². The monoisotopic (exact) mass is 228 g/mol. The molecular weight excluding hydrogens is 219 g/mol. The Bertz CT molecular complexity index is 386. The zero-order valence-corrected chi connectivity index (χ0v) is 8.76. The van der Waals surface area contributed by atoms with E-state index in [-0.39, 0.29) is 17.3 Å². The topological polar surface area (TPSA) is 26.3 Å². The quantitative estimate of drug-likeness (QED) is 0.728. The molecule has 0 spiro atoms. The van der Waals surface area contributed by atoms with Crippen molar-refractivity contribution in [2.75, 3.05) is 13.2 Å². The normalized spacial score (nSPS) is 20.5. The van der Waals surface area contributed by atoms with Crippen LogP contribution in [0.2, 0.25) is 5.02 Å². The summed E-state index contributed by atoms with van der Waals surface area (Å²) in [7, 11) is 0. The van der Waals surface area contributed by atoms with Crippen LogP contribution in [0.3, 0.4) is 0 Å². The second-order valence-electron chi connectivity index (χ2n) is 3.55. The molecule has 1 aromatic carbocycles. The van der Waals surface area contributed by atoms with Crippen molar-refractivity contribution in [2.24, 2.45) is 5.92 Å². The summed E-state index contributed by atoms with van der Waals surface area (Å²) in [5, 5.41) is 0.374. The van der Waals surface area contributed by atoms with Crippen molar-refractivity contribution in [3.8, 4) is 0 Å². The van der Waals surface area contributed by atoms with E-state index in [0.717, 1.165) is 0 Å². The molecule has 1 aromatic rings. The largest absolute Gasteiger partial charge is 0.381 e. The minimum atomic E-state index is -0.517. The molecule has 0 radical (unpaired) electrons. The third-order valence-electron chi connectivity index (χ3n) is 2.49. The van der Waals surface area contributed by atoms with Gasteiger partial charge in [-0.05, 0) is 24.6 Å². The van der Waals surface area contributed by atoms with Crippen LogP contribution in [-0.2, 0) is 4.74 Å². The number of ketones is 1. The second-order valence-corrected chi connectivity index (χ2v) is 3.99. The first-order valence-electron chi connectivity index (χ1n) is 4.75. The van der Waals surface area contributed by atoms with Crippen LogP contribution in [-0.4, -0.2) is 19.0 Å². The van der Waals surface area contributed by atoms with Gasteiger partial charge < -0.3 is 4.74 Å². The number of halogens is 2. The van der Waals surface area contributed by atoms with E-state index in [1.54, 1.807) is 0 Å². The maximum Gasteiger partial charge on any atom is 0.171 e. The number of ether oxygens (including phenoxy) is 1. The van der Waals surface area contributed by atoms with E-state index in [4.69, 9.17) is 16.3 Å². The molecule has 0 N–H and O–H groups in total. The highest BCUT2D eigenvalue weighted by Gasteiger charge is 2.26. The van der Waals surface area contributed by atoms with Gasteiger partial charge in [0.05, 0.1) is 12.2 Å². The van der Waals surface area contributed by atoms with Gasteiger partial charge in [-0.25, -0.2) is 4.39 Å². The molecule has 0 amide bonds. The maximum atomic E-state index is 13.4.